The Morgan fingerprint density at radius 3 is 2.27 bits per heavy atom. The monoisotopic (exact) mass is 416 g/mol. The molecule has 1 saturated carbocycles. The standard InChI is InChI=1S/C22H16F4N2O2/c1-2-14-5-8-18(17(23)11-14)27-13-19(29)28(21(9-10-21)20(27)30)12-15-3-6-16(7-4-15)22(24,25)26/h1,3-8,11H,9-10,12-13H2. The van der Waals surface area contributed by atoms with Crippen molar-refractivity contribution >= 4 is 17.5 Å². The first-order chi connectivity index (χ1) is 14.2. The highest BCUT2D eigenvalue weighted by Gasteiger charge is 2.61. The van der Waals surface area contributed by atoms with E-state index in [0.29, 0.717) is 24.0 Å². The van der Waals surface area contributed by atoms with Crippen LogP contribution < -0.4 is 4.90 Å². The molecule has 8 heteroatoms. The summed E-state index contributed by atoms with van der Waals surface area (Å²) in [5.41, 5.74) is -1.10. The second kappa shape index (κ2) is 6.87. The Labute approximate surface area is 170 Å². The zero-order valence-electron chi connectivity index (χ0n) is 15.7. The van der Waals surface area contributed by atoms with E-state index >= 15 is 0 Å². The Bertz CT molecular complexity index is 1070. The molecule has 0 atom stereocenters. The normalized spacial score (nSPS) is 18.0. The Hall–Kier alpha value is -3.34. The summed E-state index contributed by atoms with van der Waals surface area (Å²) in [6.45, 7) is -0.345. The Morgan fingerprint density at radius 1 is 1.07 bits per heavy atom. The molecule has 0 aromatic heterocycles. The number of hydrogen-bond donors (Lipinski definition) is 0. The van der Waals surface area contributed by atoms with Crippen molar-refractivity contribution in [2.45, 2.75) is 31.1 Å². The molecule has 1 heterocycles. The van der Waals surface area contributed by atoms with Crippen molar-refractivity contribution in [2.24, 2.45) is 0 Å². The summed E-state index contributed by atoms with van der Waals surface area (Å²) in [7, 11) is 0. The molecular formula is C22H16F4N2O2. The molecule has 2 amide bonds. The van der Waals surface area contributed by atoms with Crippen LogP contribution in [-0.2, 0) is 22.3 Å². The molecule has 1 aliphatic carbocycles. The summed E-state index contributed by atoms with van der Waals surface area (Å²) in [4.78, 5) is 28.5. The summed E-state index contributed by atoms with van der Waals surface area (Å²) in [6, 6.07) is 8.46. The van der Waals surface area contributed by atoms with Gasteiger partial charge in [0.25, 0.3) is 5.91 Å². The lowest BCUT2D eigenvalue weighted by molar-refractivity contribution is -0.145. The smallest absolute Gasteiger partial charge is 0.322 e. The van der Waals surface area contributed by atoms with Crippen LogP contribution >= 0.6 is 0 Å². The fourth-order valence-electron chi connectivity index (χ4n) is 3.73. The molecule has 30 heavy (non-hydrogen) atoms. The van der Waals surface area contributed by atoms with E-state index in [4.69, 9.17) is 6.42 Å². The van der Waals surface area contributed by atoms with E-state index in [-0.39, 0.29) is 18.8 Å². The largest absolute Gasteiger partial charge is 0.416 e. The van der Waals surface area contributed by atoms with Crippen molar-refractivity contribution in [3.8, 4) is 12.3 Å². The van der Waals surface area contributed by atoms with Crippen molar-refractivity contribution in [3.05, 3.63) is 65.0 Å². The summed E-state index contributed by atoms with van der Waals surface area (Å²) >= 11 is 0. The van der Waals surface area contributed by atoms with Gasteiger partial charge in [0.1, 0.15) is 17.9 Å². The number of piperazine rings is 1. The molecule has 1 spiro atoms. The van der Waals surface area contributed by atoms with Crippen molar-refractivity contribution in [2.75, 3.05) is 11.4 Å². The third kappa shape index (κ3) is 3.30. The van der Waals surface area contributed by atoms with Gasteiger partial charge < -0.3 is 4.90 Å². The van der Waals surface area contributed by atoms with E-state index in [0.717, 1.165) is 23.1 Å². The average molecular weight is 416 g/mol. The van der Waals surface area contributed by atoms with Crippen molar-refractivity contribution in [3.63, 3.8) is 0 Å². The van der Waals surface area contributed by atoms with Gasteiger partial charge in [-0.3, -0.25) is 14.5 Å². The minimum absolute atomic E-state index is 0.00899. The molecule has 4 nitrogen and oxygen atoms in total. The third-order valence-electron chi connectivity index (χ3n) is 5.51. The fourth-order valence-corrected chi connectivity index (χ4v) is 3.73. The Balaban J connectivity index is 1.58. The van der Waals surface area contributed by atoms with E-state index in [1.807, 2.05) is 0 Å². The number of rotatable bonds is 3. The zero-order chi connectivity index (χ0) is 21.7. The van der Waals surface area contributed by atoms with Gasteiger partial charge in [0.05, 0.1) is 11.3 Å². The number of carbonyl (C=O) groups is 2. The minimum Gasteiger partial charge on any atom is -0.322 e. The topological polar surface area (TPSA) is 40.6 Å². The Morgan fingerprint density at radius 2 is 1.73 bits per heavy atom. The number of amides is 2. The van der Waals surface area contributed by atoms with Crippen LogP contribution in [0.2, 0.25) is 0 Å². The maximum Gasteiger partial charge on any atom is 0.416 e. The van der Waals surface area contributed by atoms with Gasteiger partial charge in [-0.25, -0.2) is 4.39 Å². The lowest BCUT2D eigenvalue weighted by Crippen LogP contribution is -2.61. The van der Waals surface area contributed by atoms with Crippen LogP contribution in [0.5, 0.6) is 0 Å². The first kappa shape index (κ1) is 20.0. The number of terminal acetylenes is 1. The molecule has 0 unspecified atom stereocenters. The molecule has 4 rings (SSSR count). The summed E-state index contributed by atoms with van der Waals surface area (Å²) in [6.07, 6.45) is 1.63. The van der Waals surface area contributed by atoms with E-state index in [1.54, 1.807) is 0 Å². The van der Waals surface area contributed by atoms with Gasteiger partial charge in [-0.2, -0.15) is 13.2 Å². The summed E-state index contributed by atoms with van der Waals surface area (Å²) in [5, 5.41) is 0. The molecule has 2 aromatic carbocycles. The SMILES string of the molecule is C#Cc1ccc(N2CC(=O)N(Cc3ccc(C(F)(F)F)cc3)C3(CC3)C2=O)c(F)c1. The number of alkyl halides is 3. The molecule has 2 aliphatic rings. The second-order valence-corrected chi connectivity index (χ2v) is 7.41. The molecule has 2 fully saturated rings. The molecule has 2 aromatic rings. The first-order valence-electron chi connectivity index (χ1n) is 9.20. The third-order valence-corrected chi connectivity index (χ3v) is 5.51. The van der Waals surface area contributed by atoms with Crippen LogP contribution in [0.3, 0.4) is 0 Å². The van der Waals surface area contributed by atoms with Crippen molar-refractivity contribution in [1.82, 2.24) is 4.90 Å². The zero-order valence-corrected chi connectivity index (χ0v) is 15.7. The summed E-state index contributed by atoms with van der Waals surface area (Å²) < 4.78 is 52.7. The van der Waals surface area contributed by atoms with Gasteiger partial charge in [-0.15, -0.1) is 6.42 Å². The average Bonchev–Trinajstić information content (AvgIpc) is 3.50. The Kier molecular flexibility index (Phi) is 4.57. The lowest BCUT2D eigenvalue weighted by Gasteiger charge is -2.41. The predicted molar refractivity (Wildman–Crippen MR) is 101 cm³/mol. The predicted octanol–water partition coefficient (Wildman–Crippen LogP) is 3.73. The maximum absolute atomic E-state index is 14.5. The van der Waals surface area contributed by atoms with Gasteiger partial charge in [0.15, 0.2) is 0 Å². The number of carbonyl (C=O) groups excluding carboxylic acids is 2. The van der Waals surface area contributed by atoms with E-state index in [2.05, 4.69) is 5.92 Å². The molecule has 1 aliphatic heterocycles. The van der Waals surface area contributed by atoms with Gasteiger partial charge in [-0.1, -0.05) is 18.1 Å². The number of halogens is 4. The van der Waals surface area contributed by atoms with Gasteiger partial charge in [-0.05, 0) is 48.7 Å². The minimum atomic E-state index is -4.45. The number of benzene rings is 2. The second-order valence-electron chi connectivity index (χ2n) is 7.41. The quantitative estimate of drug-likeness (QED) is 0.565. The summed E-state index contributed by atoms with van der Waals surface area (Å²) in [5.74, 6) is 0.812. The van der Waals surface area contributed by atoms with Crippen molar-refractivity contribution < 1.29 is 27.2 Å². The maximum atomic E-state index is 14.5. The van der Waals surface area contributed by atoms with Crippen molar-refractivity contribution in [1.29, 1.82) is 0 Å². The van der Waals surface area contributed by atoms with E-state index in [1.165, 1.54) is 29.2 Å². The number of nitrogens with zero attached hydrogens (tertiary/aromatic N) is 2. The fraction of sp³-hybridized carbons (Fsp3) is 0.273. The van der Waals surface area contributed by atoms with Crippen LogP contribution in [0.1, 0.15) is 29.5 Å². The van der Waals surface area contributed by atoms with Gasteiger partial charge in [0.2, 0.25) is 5.91 Å². The highest BCUT2D eigenvalue weighted by atomic mass is 19.4. The van der Waals surface area contributed by atoms with E-state index < -0.39 is 34.9 Å². The van der Waals surface area contributed by atoms with Crippen LogP contribution in [0.25, 0.3) is 0 Å². The first-order valence-corrected chi connectivity index (χ1v) is 9.20. The van der Waals surface area contributed by atoms with Crippen LogP contribution in [0.4, 0.5) is 23.2 Å². The molecule has 0 radical (unpaired) electrons. The van der Waals surface area contributed by atoms with Gasteiger partial charge in [0, 0.05) is 12.1 Å². The number of hydrogen-bond acceptors (Lipinski definition) is 2. The molecular weight excluding hydrogens is 400 g/mol. The van der Waals surface area contributed by atoms with Crippen LogP contribution in [-0.4, -0.2) is 28.8 Å². The lowest BCUT2D eigenvalue weighted by atomic mass is 10.0. The van der Waals surface area contributed by atoms with Crippen LogP contribution in [0, 0.1) is 18.2 Å². The van der Waals surface area contributed by atoms with E-state index in [9.17, 15) is 27.2 Å². The molecule has 154 valence electrons. The van der Waals surface area contributed by atoms with Crippen LogP contribution in [0.15, 0.2) is 42.5 Å². The molecule has 0 N–H and O–H groups in total. The number of anilines is 1. The highest BCUT2D eigenvalue weighted by Crippen LogP contribution is 2.47. The van der Waals surface area contributed by atoms with Gasteiger partial charge >= 0.3 is 6.18 Å². The molecule has 1 saturated heterocycles. The molecule has 0 bridgehead atoms. The highest BCUT2D eigenvalue weighted by molar-refractivity contribution is 6.10.